The highest BCUT2D eigenvalue weighted by atomic mass is 35.5. The van der Waals surface area contributed by atoms with Crippen LogP contribution in [0.3, 0.4) is 0 Å². The lowest BCUT2D eigenvalue weighted by molar-refractivity contribution is -0.123. The summed E-state index contributed by atoms with van der Waals surface area (Å²) >= 11 is 0. The quantitative estimate of drug-likeness (QED) is 0.523. The Balaban J connectivity index is 0.00000338. The largest absolute Gasteiger partial charge is 0.353 e. The maximum Gasteiger partial charge on any atom is 0.315 e. The second-order valence-electron chi connectivity index (χ2n) is 6.54. The second kappa shape index (κ2) is 11.0. The summed E-state index contributed by atoms with van der Waals surface area (Å²) < 4.78 is 12.9. The summed E-state index contributed by atoms with van der Waals surface area (Å²) in [7, 11) is 0. The number of hydrogen-bond donors (Lipinski definition) is 4. The third-order valence-corrected chi connectivity index (χ3v) is 4.30. The summed E-state index contributed by atoms with van der Waals surface area (Å²) in [6.45, 7) is 2.65. The molecule has 1 aromatic carbocycles. The molecule has 5 N–H and O–H groups in total. The van der Waals surface area contributed by atoms with Gasteiger partial charge in [0.1, 0.15) is 11.9 Å². The Morgan fingerprint density at radius 1 is 1.23 bits per heavy atom. The molecule has 0 saturated heterocycles. The van der Waals surface area contributed by atoms with Crippen molar-refractivity contribution in [1.29, 1.82) is 0 Å². The van der Waals surface area contributed by atoms with E-state index in [0.29, 0.717) is 18.9 Å². The molecule has 146 valence electrons. The molecular formula is C18H28ClFN4O2. The number of nitrogens with one attached hydrogen (secondary N) is 3. The molecule has 0 radical (unpaired) electrons. The van der Waals surface area contributed by atoms with Gasteiger partial charge in [0.2, 0.25) is 5.91 Å². The summed E-state index contributed by atoms with van der Waals surface area (Å²) in [5, 5.41) is 8.19. The van der Waals surface area contributed by atoms with E-state index in [1.807, 2.05) is 6.92 Å². The van der Waals surface area contributed by atoms with E-state index in [4.69, 9.17) is 5.73 Å². The van der Waals surface area contributed by atoms with Crippen molar-refractivity contribution in [3.05, 3.63) is 35.6 Å². The van der Waals surface area contributed by atoms with Crippen molar-refractivity contribution in [2.24, 2.45) is 11.7 Å². The molecule has 2 rings (SSSR count). The average Bonchev–Trinajstić information content (AvgIpc) is 3.43. The van der Waals surface area contributed by atoms with E-state index in [0.717, 1.165) is 24.8 Å². The van der Waals surface area contributed by atoms with Crippen LogP contribution >= 0.6 is 12.4 Å². The van der Waals surface area contributed by atoms with Crippen LogP contribution in [0.1, 0.15) is 38.2 Å². The van der Waals surface area contributed by atoms with Crippen molar-refractivity contribution in [2.45, 2.75) is 51.2 Å². The Labute approximate surface area is 159 Å². The molecule has 8 heteroatoms. The molecule has 26 heavy (non-hydrogen) atoms. The second-order valence-corrected chi connectivity index (χ2v) is 6.54. The molecule has 1 aliphatic carbocycles. The van der Waals surface area contributed by atoms with E-state index in [2.05, 4.69) is 16.0 Å². The zero-order valence-corrected chi connectivity index (χ0v) is 15.8. The van der Waals surface area contributed by atoms with Crippen molar-refractivity contribution >= 4 is 24.3 Å². The number of halogens is 2. The van der Waals surface area contributed by atoms with Crippen LogP contribution in [0.15, 0.2) is 24.3 Å². The molecule has 2 atom stereocenters. The van der Waals surface area contributed by atoms with Crippen molar-refractivity contribution in [2.75, 3.05) is 6.54 Å². The highest BCUT2D eigenvalue weighted by Gasteiger charge is 2.29. The molecule has 0 heterocycles. The fraction of sp³-hybridized carbons (Fsp3) is 0.556. The number of urea groups is 1. The highest BCUT2D eigenvalue weighted by Crippen LogP contribution is 2.31. The molecule has 2 unspecified atom stereocenters. The third kappa shape index (κ3) is 7.58. The van der Waals surface area contributed by atoms with Gasteiger partial charge in [-0.2, -0.15) is 0 Å². The van der Waals surface area contributed by atoms with Crippen LogP contribution in [0.25, 0.3) is 0 Å². The molecule has 1 aliphatic rings. The van der Waals surface area contributed by atoms with Crippen LogP contribution < -0.4 is 21.7 Å². The van der Waals surface area contributed by atoms with Crippen LogP contribution in [-0.4, -0.2) is 30.6 Å². The van der Waals surface area contributed by atoms with Gasteiger partial charge in [-0.3, -0.25) is 4.79 Å². The first-order valence-electron chi connectivity index (χ1n) is 8.81. The van der Waals surface area contributed by atoms with E-state index in [-0.39, 0.29) is 36.7 Å². The van der Waals surface area contributed by atoms with Crippen LogP contribution in [0.4, 0.5) is 9.18 Å². The van der Waals surface area contributed by atoms with Crippen LogP contribution in [0, 0.1) is 11.7 Å². The molecule has 0 aromatic heterocycles. The normalized spacial score (nSPS) is 15.3. The Morgan fingerprint density at radius 3 is 2.46 bits per heavy atom. The molecule has 1 fully saturated rings. The lowest BCUT2D eigenvalue weighted by Gasteiger charge is -2.20. The van der Waals surface area contributed by atoms with Crippen molar-refractivity contribution < 1.29 is 14.0 Å². The standard InChI is InChI=1S/C18H27FN4O2.ClH/c1-2-3-16(17(24)21-11-15(20)13-6-7-13)23-18(25)22-10-12-4-8-14(19)9-5-12;/h4-5,8-9,13,15-16H,2-3,6-7,10-11,20H2,1H3,(H,21,24)(H2,22,23,25);1H. The summed E-state index contributed by atoms with van der Waals surface area (Å²) in [6, 6.07) is 4.85. The first-order valence-corrected chi connectivity index (χ1v) is 8.81. The molecule has 3 amide bonds. The summed E-state index contributed by atoms with van der Waals surface area (Å²) in [4.78, 5) is 24.3. The molecule has 6 nitrogen and oxygen atoms in total. The fourth-order valence-corrected chi connectivity index (χ4v) is 2.58. The van der Waals surface area contributed by atoms with Gasteiger partial charge < -0.3 is 21.7 Å². The van der Waals surface area contributed by atoms with Gasteiger partial charge in [0.25, 0.3) is 0 Å². The average molecular weight is 387 g/mol. The lowest BCUT2D eigenvalue weighted by Crippen LogP contribution is -2.51. The minimum absolute atomic E-state index is 0. The smallest absolute Gasteiger partial charge is 0.315 e. The van der Waals surface area contributed by atoms with Gasteiger partial charge >= 0.3 is 6.03 Å². The third-order valence-electron chi connectivity index (χ3n) is 4.30. The molecule has 1 aromatic rings. The summed E-state index contributed by atoms with van der Waals surface area (Å²) in [5.41, 5.74) is 6.77. The SMILES string of the molecule is CCCC(NC(=O)NCc1ccc(F)cc1)C(=O)NCC(N)C1CC1.Cl. The zero-order valence-electron chi connectivity index (χ0n) is 15.0. The number of carbonyl (C=O) groups excluding carboxylic acids is 2. The van der Waals surface area contributed by atoms with Gasteiger partial charge in [-0.05, 0) is 42.9 Å². The monoisotopic (exact) mass is 386 g/mol. The Hall–Kier alpha value is -1.86. The van der Waals surface area contributed by atoms with Crippen LogP contribution in [0.2, 0.25) is 0 Å². The van der Waals surface area contributed by atoms with Crippen LogP contribution in [-0.2, 0) is 11.3 Å². The maximum absolute atomic E-state index is 12.9. The van der Waals surface area contributed by atoms with E-state index < -0.39 is 12.1 Å². The first kappa shape index (κ1) is 22.2. The van der Waals surface area contributed by atoms with Gasteiger partial charge in [-0.1, -0.05) is 25.5 Å². The van der Waals surface area contributed by atoms with E-state index in [1.54, 1.807) is 12.1 Å². The summed E-state index contributed by atoms with van der Waals surface area (Å²) in [5.74, 6) is -0.0240. The Bertz CT molecular complexity index is 581. The molecule has 0 spiro atoms. The predicted molar refractivity (Wildman–Crippen MR) is 101 cm³/mol. The van der Waals surface area contributed by atoms with Gasteiger partial charge in [0.05, 0.1) is 0 Å². The first-order chi connectivity index (χ1) is 12.0. The predicted octanol–water partition coefficient (Wildman–Crippen LogP) is 2.07. The van der Waals surface area contributed by atoms with Gasteiger partial charge in [-0.15, -0.1) is 12.4 Å². The van der Waals surface area contributed by atoms with Crippen molar-refractivity contribution in [3.63, 3.8) is 0 Å². The van der Waals surface area contributed by atoms with E-state index >= 15 is 0 Å². The number of amides is 3. The number of rotatable bonds is 9. The van der Waals surface area contributed by atoms with Gasteiger partial charge in [0.15, 0.2) is 0 Å². The highest BCUT2D eigenvalue weighted by molar-refractivity contribution is 5.87. The lowest BCUT2D eigenvalue weighted by atomic mass is 10.1. The van der Waals surface area contributed by atoms with Crippen LogP contribution in [0.5, 0.6) is 0 Å². The van der Waals surface area contributed by atoms with Crippen molar-refractivity contribution in [3.8, 4) is 0 Å². The maximum atomic E-state index is 12.9. The summed E-state index contributed by atoms with van der Waals surface area (Å²) in [6.07, 6.45) is 3.57. The van der Waals surface area contributed by atoms with E-state index in [1.165, 1.54) is 12.1 Å². The number of hydrogen-bond acceptors (Lipinski definition) is 3. The number of carbonyl (C=O) groups is 2. The minimum Gasteiger partial charge on any atom is -0.353 e. The molecule has 0 bridgehead atoms. The molecule has 1 saturated carbocycles. The topological polar surface area (TPSA) is 96.2 Å². The van der Waals surface area contributed by atoms with E-state index in [9.17, 15) is 14.0 Å². The fourth-order valence-electron chi connectivity index (χ4n) is 2.58. The number of nitrogens with two attached hydrogens (primary N) is 1. The van der Waals surface area contributed by atoms with Crippen molar-refractivity contribution in [1.82, 2.24) is 16.0 Å². The number of benzene rings is 1. The molecular weight excluding hydrogens is 359 g/mol. The Morgan fingerprint density at radius 2 is 1.88 bits per heavy atom. The van der Waals surface area contributed by atoms with Gasteiger partial charge in [0, 0.05) is 19.1 Å². The van der Waals surface area contributed by atoms with Gasteiger partial charge in [-0.25, -0.2) is 9.18 Å². The molecule has 0 aliphatic heterocycles. The zero-order chi connectivity index (χ0) is 18.2. The Kier molecular flexibility index (Phi) is 9.37. The minimum atomic E-state index is -0.593.